The second-order valence-electron chi connectivity index (χ2n) is 4.93. The van der Waals surface area contributed by atoms with Gasteiger partial charge >= 0.3 is 5.97 Å². The Labute approximate surface area is 110 Å². The molecule has 1 aromatic heterocycles. The number of hydrogen-bond donors (Lipinski definition) is 1. The van der Waals surface area contributed by atoms with Crippen LogP contribution in [0.15, 0.2) is 18.2 Å². The first-order valence-electron chi connectivity index (χ1n) is 6.47. The molecule has 0 unspecified atom stereocenters. The number of aliphatic carboxylic acids is 1. The number of aromatic nitrogens is 1. The van der Waals surface area contributed by atoms with E-state index in [2.05, 4.69) is 4.98 Å². The Kier molecular flexibility index (Phi) is 2.93. The molecular formula is C15H14FNO2. The molecule has 0 aliphatic heterocycles. The molecule has 1 aliphatic rings. The van der Waals surface area contributed by atoms with Crippen molar-refractivity contribution in [1.82, 2.24) is 4.98 Å². The van der Waals surface area contributed by atoms with Crippen molar-refractivity contribution in [2.75, 3.05) is 0 Å². The van der Waals surface area contributed by atoms with Gasteiger partial charge in [-0.2, -0.15) is 0 Å². The SMILES string of the molecule is O=C(O)Cc1c2c(nc3c(F)cccc13)CCCC2. The highest BCUT2D eigenvalue weighted by Crippen LogP contribution is 2.30. The van der Waals surface area contributed by atoms with Crippen LogP contribution in [-0.2, 0) is 24.1 Å². The predicted octanol–water partition coefficient (Wildman–Crippen LogP) is 2.88. The van der Waals surface area contributed by atoms with Crippen LogP contribution in [-0.4, -0.2) is 16.1 Å². The second kappa shape index (κ2) is 4.61. The summed E-state index contributed by atoms with van der Waals surface area (Å²) in [6.45, 7) is 0. The van der Waals surface area contributed by atoms with Gasteiger partial charge in [0.1, 0.15) is 11.3 Å². The zero-order valence-corrected chi connectivity index (χ0v) is 10.4. The summed E-state index contributed by atoms with van der Waals surface area (Å²) in [5.41, 5.74) is 2.94. The standard InChI is InChI=1S/C15H14FNO2/c16-12-6-3-5-10-11(8-14(18)19)9-4-1-2-7-13(9)17-15(10)12/h3,5-6H,1-2,4,7-8H2,(H,18,19). The van der Waals surface area contributed by atoms with Crippen molar-refractivity contribution in [3.05, 3.63) is 40.8 Å². The van der Waals surface area contributed by atoms with Crippen LogP contribution in [0.25, 0.3) is 10.9 Å². The van der Waals surface area contributed by atoms with E-state index in [9.17, 15) is 9.18 Å². The van der Waals surface area contributed by atoms with E-state index < -0.39 is 5.97 Å². The van der Waals surface area contributed by atoms with Crippen LogP contribution in [0, 0.1) is 5.82 Å². The van der Waals surface area contributed by atoms with Gasteiger partial charge < -0.3 is 5.11 Å². The number of carboxylic acids is 1. The van der Waals surface area contributed by atoms with Gasteiger partial charge in [-0.3, -0.25) is 4.79 Å². The molecule has 3 rings (SSSR count). The van der Waals surface area contributed by atoms with Gasteiger partial charge in [0.25, 0.3) is 0 Å². The molecule has 2 aromatic rings. The molecule has 4 heteroatoms. The summed E-state index contributed by atoms with van der Waals surface area (Å²) in [6.07, 6.45) is 3.67. The van der Waals surface area contributed by atoms with E-state index in [1.807, 2.05) is 0 Å². The summed E-state index contributed by atoms with van der Waals surface area (Å²) in [5.74, 6) is -1.26. The maximum absolute atomic E-state index is 13.9. The van der Waals surface area contributed by atoms with Crippen molar-refractivity contribution in [3.8, 4) is 0 Å². The molecule has 0 saturated carbocycles. The number of fused-ring (bicyclic) bond motifs is 2. The minimum atomic E-state index is -0.885. The summed E-state index contributed by atoms with van der Waals surface area (Å²) in [5, 5.41) is 9.72. The Morgan fingerprint density at radius 1 is 1.32 bits per heavy atom. The number of aryl methyl sites for hydroxylation is 1. The number of hydrogen-bond acceptors (Lipinski definition) is 2. The van der Waals surface area contributed by atoms with E-state index in [4.69, 9.17) is 5.11 Å². The number of pyridine rings is 1. The Balaban J connectivity index is 2.33. The van der Waals surface area contributed by atoms with Crippen LogP contribution in [0.4, 0.5) is 4.39 Å². The van der Waals surface area contributed by atoms with Gasteiger partial charge in [-0.05, 0) is 42.9 Å². The molecule has 1 heterocycles. The molecule has 0 radical (unpaired) electrons. The highest BCUT2D eigenvalue weighted by atomic mass is 19.1. The summed E-state index contributed by atoms with van der Waals surface area (Å²) >= 11 is 0. The molecule has 1 aliphatic carbocycles. The Morgan fingerprint density at radius 2 is 2.11 bits per heavy atom. The summed E-state index contributed by atoms with van der Waals surface area (Å²) < 4.78 is 13.9. The average molecular weight is 259 g/mol. The lowest BCUT2D eigenvalue weighted by atomic mass is 9.88. The number of rotatable bonds is 2. The molecule has 3 nitrogen and oxygen atoms in total. The Hall–Kier alpha value is -1.97. The molecule has 0 saturated heterocycles. The van der Waals surface area contributed by atoms with Crippen molar-refractivity contribution in [2.24, 2.45) is 0 Å². The first kappa shape index (κ1) is 12.1. The molecule has 0 spiro atoms. The molecule has 0 atom stereocenters. The smallest absolute Gasteiger partial charge is 0.307 e. The third kappa shape index (κ3) is 2.07. The quantitative estimate of drug-likeness (QED) is 0.902. The highest BCUT2D eigenvalue weighted by molar-refractivity contribution is 5.88. The van der Waals surface area contributed by atoms with Crippen molar-refractivity contribution in [3.63, 3.8) is 0 Å². The van der Waals surface area contributed by atoms with E-state index in [1.165, 1.54) is 6.07 Å². The maximum atomic E-state index is 13.9. The number of benzene rings is 1. The number of carboxylic acid groups (broad SMARTS) is 1. The van der Waals surface area contributed by atoms with Crippen molar-refractivity contribution < 1.29 is 14.3 Å². The van der Waals surface area contributed by atoms with Gasteiger partial charge in [0, 0.05) is 11.1 Å². The fourth-order valence-electron chi connectivity index (χ4n) is 2.86. The summed E-state index contributed by atoms with van der Waals surface area (Å²) in [4.78, 5) is 15.5. The van der Waals surface area contributed by atoms with Crippen LogP contribution < -0.4 is 0 Å². The van der Waals surface area contributed by atoms with Crippen molar-refractivity contribution in [1.29, 1.82) is 0 Å². The lowest BCUT2D eigenvalue weighted by Gasteiger charge is -2.20. The van der Waals surface area contributed by atoms with Crippen LogP contribution in [0.2, 0.25) is 0 Å². The van der Waals surface area contributed by atoms with Gasteiger partial charge in [0.15, 0.2) is 0 Å². The minimum absolute atomic E-state index is 0.0647. The van der Waals surface area contributed by atoms with Crippen molar-refractivity contribution in [2.45, 2.75) is 32.1 Å². The number of carbonyl (C=O) groups is 1. The van der Waals surface area contributed by atoms with Crippen LogP contribution in [0.5, 0.6) is 0 Å². The molecular weight excluding hydrogens is 245 g/mol. The van der Waals surface area contributed by atoms with Gasteiger partial charge in [0.05, 0.1) is 6.42 Å². The largest absolute Gasteiger partial charge is 0.481 e. The van der Waals surface area contributed by atoms with Crippen LogP contribution in [0.3, 0.4) is 0 Å². The van der Waals surface area contributed by atoms with Gasteiger partial charge in [0.2, 0.25) is 0 Å². The molecule has 98 valence electrons. The van der Waals surface area contributed by atoms with E-state index >= 15 is 0 Å². The fraction of sp³-hybridized carbons (Fsp3) is 0.333. The topological polar surface area (TPSA) is 50.2 Å². The van der Waals surface area contributed by atoms with Gasteiger partial charge in [-0.1, -0.05) is 12.1 Å². The maximum Gasteiger partial charge on any atom is 0.307 e. The molecule has 1 N–H and O–H groups in total. The highest BCUT2D eigenvalue weighted by Gasteiger charge is 2.20. The van der Waals surface area contributed by atoms with Gasteiger partial charge in [-0.25, -0.2) is 9.37 Å². The monoisotopic (exact) mass is 259 g/mol. The third-order valence-electron chi connectivity index (χ3n) is 3.69. The van der Waals surface area contributed by atoms with Gasteiger partial charge in [-0.15, -0.1) is 0 Å². The fourth-order valence-corrected chi connectivity index (χ4v) is 2.86. The lowest BCUT2D eigenvalue weighted by Crippen LogP contribution is -2.13. The third-order valence-corrected chi connectivity index (χ3v) is 3.69. The zero-order chi connectivity index (χ0) is 13.4. The average Bonchev–Trinajstić information content (AvgIpc) is 2.39. The van der Waals surface area contributed by atoms with E-state index in [1.54, 1.807) is 12.1 Å². The normalized spacial score (nSPS) is 14.4. The van der Waals surface area contributed by atoms with Crippen molar-refractivity contribution >= 4 is 16.9 Å². The Morgan fingerprint density at radius 3 is 2.89 bits per heavy atom. The van der Waals surface area contributed by atoms with E-state index in [-0.39, 0.29) is 12.2 Å². The molecule has 1 aromatic carbocycles. The molecule has 19 heavy (non-hydrogen) atoms. The molecule has 0 bridgehead atoms. The Bertz CT molecular complexity index is 667. The number of halogens is 1. The van der Waals surface area contributed by atoms with Crippen LogP contribution >= 0.6 is 0 Å². The lowest BCUT2D eigenvalue weighted by molar-refractivity contribution is -0.136. The first-order chi connectivity index (χ1) is 9.16. The zero-order valence-electron chi connectivity index (χ0n) is 10.4. The number of para-hydroxylation sites is 1. The van der Waals surface area contributed by atoms with E-state index in [0.717, 1.165) is 42.5 Å². The molecule has 0 fully saturated rings. The van der Waals surface area contributed by atoms with E-state index in [0.29, 0.717) is 10.9 Å². The first-order valence-corrected chi connectivity index (χ1v) is 6.47. The predicted molar refractivity (Wildman–Crippen MR) is 69.7 cm³/mol. The minimum Gasteiger partial charge on any atom is -0.481 e. The summed E-state index contributed by atoms with van der Waals surface area (Å²) in [7, 11) is 0. The molecule has 0 amide bonds. The van der Waals surface area contributed by atoms with Crippen LogP contribution in [0.1, 0.15) is 29.7 Å². The number of nitrogens with zero attached hydrogens (tertiary/aromatic N) is 1. The second-order valence-corrected chi connectivity index (χ2v) is 4.93. The summed E-state index contributed by atoms with van der Waals surface area (Å²) in [6, 6.07) is 4.74.